The lowest BCUT2D eigenvalue weighted by atomic mass is 10.2. The molecule has 2 aromatic rings. The van der Waals surface area contributed by atoms with E-state index in [1.54, 1.807) is 7.11 Å². The van der Waals surface area contributed by atoms with Crippen LogP contribution in [0.4, 0.5) is 5.69 Å². The van der Waals surface area contributed by atoms with E-state index in [4.69, 9.17) is 4.74 Å². The van der Waals surface area contributed by atoms with Gasteiger partial charge in [0.05, 0.1) is 18.5 Å². The summed E-state index contributed by atoms with van der Waals surface area (Å²) in [4.78, 5) is 16.4. The number of hydrogen-bond donors (Lipinski definition) is 1. The summed E-state index contributed by atoms with van der Waals surface area (Å²) in [5.41, 5.74) is 2.33. The molecule has 0 atom stereocenters. The van der Waals surface area contributed by atoms with E-state index in [1.165, 1.54) is 6.07 Å². The molecule has 1 N–H and O–H groups in total. The smallest absolute Gasteiger partial charge is 0.223 e. The van der Waals surface area contributed by atoms with Gasteiger partial charge in [-0.2, -0.15) is 0 Å². The second-order valence-electron chi connectivity index (χ2n) is 6.44. The van der Waals surface area contributed by atoms with Crippen LogP contribution in [-0.2, 0) is 13.6 Å². The Labute approximate surface area is 147 Å². The minimum absolute atomic E-state index is 0.139. The van der Waals surface area contributed by atoms with Gasteiger partial charge >= 0.3 is 0 Å². The molecule has 0 unspecified atom stereocenters. The standard InChI is InChI=1S/C19H25N3O3/c1-14-12-17(23)19(24)16(20(14)2)13-21-8-10-22(11-9-21)15-6-4-5-7-18(15)25-3/h4-7,12,24H,8-11,13H2,1-3H3. The molecule has 0 aliphatic carbocycles. The summed E-state index contributed by atoms with van der Waals surface area (Å²) >= 11 is 0. The van der Waals surface area contributed by atoms with Gasteiger partial charge in [-0.15, -0.1) is 0 Å². The van der Waals surface area contributed by atoms with Crippen molar-refractivity contribution < 1.29 is 9.84 Å². The molecule has 0 bridgehead atoms. The number of piperazine rings is 1. The van der Waals surface area contributed by atoms with E-state index in [0.29, 0.717) is 12.2 Å². The molecular weight excluding hydrogens is 318 g/mol. The number of anilines is 1. The number of aromatic hydroxyl groups is 1. The summed E-state index contributed by atoms with van der Waals surface area (Å²) in [7, 11) is 3.57. The molecule has 2 heterocycles. The lowest BCUT2D eigenvalue weighted by Crippen LogP contribution is -2.46. The number of aryl methyl sites for hydroxylation is 1. The Kier molecular flexibility index (Phi) is 4.99. The van der Waals surface area contributed by atoms with Crippen LogP contribution in [-0.4, -0.2) is 47.9 Å². The van der Waals surface area contributed by atoms with E-state index in [1.807, 2.05) is 36.7 Å². The Morgan fingerprint density at radius 3 is 2.52 bits per heavy atom. The van der Waals surface area contributed by atoms with Gasteiger partial charge < -0.3 is 19.3 Å². The Hall–Kier alpha value is -2.47. The molecule has 0 spiro atoms. The van der Waals surface area contributed by atoms with Crippen LogP contribution in [0.3, 0.4) is 0 Å². The molecule has 6 heteroatoms. The fourth-order valence-electron chi connectivity index (χ4n) is 3.30. The van der Waals surface area contributed by atoms with Gasteiger partial charge in [-0.1, -0.05) is 12.1 Å². The van der Waals surface area contributed by atoms with E-state index in [2.05, 4.69) is 15.9 Å². The first-order valence-corrected chi connectivity index (χ1v) is 8.50. The van der Waals surface area contributed by atoms with Crippen LogP contribution >= 0.6 is 0 Å². The highest BCUT2D eigenvalue weighted by Crippen LogP contribution is 2.28. The Bertz CT molecular complexity index is 808. The normalized spacial score (nSPS) is 15.4. The van der Waals surface area contributed by atoms with Gasteiger partial charge in [0.25, 0.3) is 0 Å². The number of benzene rings is 1. The first kappa shape index (κ1) is 17.4. The average Bonchev–Trinajstić information content (AvgIpc) is 2.64. The van der Waals surface area contributed by atoms with Gasteiger partial charge in [-0.3, -0.25) is 9.69 Å². The summed E-state index contributed by atoms with van der Waals surface area (Å²) in [6.07, 6.45) is 0. The predicted molar refractivity (Wildman–Crippen MR) is 98.6 cm³/mol. The van der Waals surface area contributed by atoms with E-state index in [9.17, 15) is 9.90 Å². The van der Waals surface area contributed by atoms with Crippen molar-refractivity contribution in [3.05, 3.63) is 51.9 Å². The summed E-state index contributed by atoms with van der Waals surface area (Å²) in [6, 6.07) is 9.51. The molecule has 1 aromatic carbocycles. The van der Waals surface area contributed by atoms with Gasteiger partial charge in [0.15, 0.2) is 5.75 Å². The molecule has 134 valence electrons. The molecule has 25 heavy (non-hydrogen) atoms. The quantitative estimate of drug-likeness (QED) is 0.916. The molecule has 3 rings (SSSR count). The van der Waals surface area contributed by atoms with Crippen molar-refractivity contribution in [2.24, 2.45) is 7.05 Å². The molecule has 1 aromatic heterocycles. The van der Waals surface area contributed by atoms with Gasteiger partial charge in [0.2, 0.25) is 5.43 Å². The molecule has 0 radical (unpaired) electrons. The molecule has 6 nitrogen and oxygen atoms in total. The third kappa shape index (κ3) is 3.49. The number of ether oxygens (including phenoxy) is 1. The Morgan fingerprint density at radius 2 is 1.84 bits per heavy atom. The van der Waals surface area contributed by atoms with Crippen molar-refractivity contribution in [2.75, 3.05) is 38.2 Å². The summed E-state index contributed by atoms with van der Waals surface area (Å²) in [6.45, 7) is 5.92. The maximum atomic E-state index is 11.9. The first-order chi connectivity index (χ1) is 12.0. The third-order valence-electron chi connectivity index (χ3n) is 4.95. The lowest BCUT2D eigenvalue weighted by molar-refractivity contribution is 0.239. The van der Waals surface area contributed by atoms with E-state index in [0.717, 1.165) is 43.3 Å². The summed E-state index contributed by atoms with van der Waals surface area (Å²) in [5.74, 6) is 0.745. The predicted octanol–water partition coefficient (Wildman–Crippen LogP) is 1.73. The second kappa shape index (κ2) is 7.19. The largest absolute Gasteiger partial charge is 0.503 e. The fourth-order valence-corrected chi connectivity index (χ4v) is 3.30. The Morgan fingerprint density at radius 1 is 1.16 bits per heavy atom. The zero-order valence-corrected chi connectivity index (χ0v) is 15.0. The van der Waals surface area contributed by atoms with Crippen LogP contribution in [0.2, 0.25) is 0 Å². The van der Waals surface area contributed by atoms with Gasteiger partial charge in [-0.05, 0) is 19.1 Å². The fraction of sp³-hybridized carbons (Fsp3) is 0.421. The highest BCUT2D eigenvalue weighted by Gasteiger charge is 2.21. The van der Waals surface area contributed by atoms with Crippen molar-refractivity contribution in [1.29, 1.82) is 0 Å². The maximum Gasteiger partial charge on any atom is 0.223 e. The highest BCUT2D eigenvalue weighted by atomic mass is 16.5. The first-order valence-electron chi connectivity index (χ1n) is 8.50. The maximum absolute atomic E-state index is 11.9. The number of pyridine rings is 1. The number of methoxy groups -OCH3 is 1. The number of para-hydroxylation sites is 2. The van der Waals surface area contributed by atoms with Crippen LogP contribution in [0, 0.1) is 6.92 Å². The van der Waals surface area contributed by atoms with Gasteiger partial charge in [0, 0.05) is 51.5 Å². The van der Waals surface area contributed by atoms with Crippen molar-refractivity contribution >= 4 is 5.69 Å². The summed E-state index contributed by atoms with van der Waals surface area (Å²) in [5, 5.41) is 10.1. The number of nitrogens with zero attached hydrogens (tertiary/aromatic N) is 3. The minimum atomic E-state index is -0.307. The number of aromatic nitrogens is 1. The van der Waals surface area contributed by atoms with E-state index in [-0.39, 0.29) is 11.2 Å². The van der Waals surface area contributed by atoms with Crippen LogP contribution in [0.25, 0.3) is 0 Å². The SMILES string of the molecule is COc1ccccc1N1CCN(Cc2c(O)c(=O)cc(C)n2C)CC1. The van der Waals surface area contributed by atoms with Crippen molar-refractivity contribution in [1.82, 2.24) is 9.47 Å². The Balaban J connectivity index is 1.71. The van der Waals surface area contributed by atoms with E-state index < -0.39 is 0 Å². The molecule has 1 aliphatic heterocycles. The van der Waals surface area contributed by atoms with Crippen LogP contribution < -0.4 is 15.1 Å². The topological polar surface area (TPSA) is 57.9 Å². The number of hydrogen-bond acceptors (Lipinski definition) is 5. The van der Waals surface area contributed by atoms with Crippen LogP contribution in [0.15, 0.2) is 35.1 Å². The van der Waals surface area contributed by atoms with Crippen molar-refractivity contribution in [3.63, 3.8) is 0 Å². The monoisotopic (exact) mass is 343 g/mol. The molecular formula is C19H25N3O3. The lowest BCUT2D eigenvalue weighted by Gasteiger charge is -2.37. The zero-order chi connectivity index (χ0) is 18.0. The molecule has 0 amide bonds. The van der Waals surface area contributed by atoms with Crippen molar-refractivity contribution in [2.45, 2.75) is 13.5 Å². The van der Waals surface area contributed by atoms with Crippen LogP contribution in [0.1, 0.15) is 11.4 Å². The van der Waals surface area contributed by atoms with E-state index >= 15 is 0 Å². The van der Waals surface area contributed by atoms with Crippen molar-refractivity contribution in [3.8, 4) is 11.5 Å². The number of rotatable bonds is 4. The molecule has 0 saturated carbocycles. The summed E-state index contributed by atoms with van der Waals surface area (Å²) < 4.78 is 7.34. The molecule has 1 fully saturated rings. The van der Waals surface area contributed by atoms with Gasteiger partial charge in [0.1, 0.15) is 5.75 Å². The average molecular weight is 343 g/mol. The zero-order valence-electron chi connectivity index (χ0n) is 15.0. The van der Waals surface area contributed by atoms with Gasteiger partial charge in [-0.25, -0.2) is 0 Å². The van der Waals surface area contributed by atoms with Crippen LogP contribution in [0.5, 0.6) is 11.5 Å². The second-order valence-corrected chi connectivity index (χ2v) is 6.44. The third-order valence-corrected chi connectivity index (χ3v) is 4.95. The highest BCUT2D eigenvalue weighted by molar-refractivity contribution is 5.58. The minimum Gasteiger partial charge on any atom is -0.503 e. The molecule has 1 aliphatic rings. The molecule has 1 saturated heterocycles.